The van der Waals surface area contributed by atoms with Crippen molar-refractivity contribution in [3.8, 4) is 11.5 Å². The lowest BCUT2D eigenvalue weighted by Crippen LogP contribution is -2.47. The van der Waals surface area contributed by atoms with Crippen molar-refractivity contribution in [2.75, 3.05) is 46.9 Å². The number of nitrogens with one attached hydrogen (secondary N) is 3. The maximum absolute atomic E-state index is 13.1. The van der Waals surface area contributed by atoms with Gasteiger partial charge in [-0.3, -0.25) is 24.0 Å². The van der Waals surface area contributed by atoms with Crippen molar-refractivity contribution in [3.63, 3.8) is 0 Å². The second-order valence-corrected chi connectivity index (χ2v) is 9.50. The van der Waals surface area contributed by atoms with Crippen LogP contribution < -0.4 is 25.4 Å². The first-order chi connectivity index (χ1) is 18.2. The molecule has 1 aromatic carbocycles. The number of carbonyl (C=O) groups excluding carboxylic acids is 5. The van der Waals surface area contributed by atoms with E-state index in [1.807, 2.05) is 0 Å². The van der Waals surface area contributed by atoms with Gasteiger partial charge in [0.05, 0.1) is 7.11 Å². The molecular weight excluding hydrogens is 494 g/mol. The van der Waals surface area contributed by atoms with Gasteiger partial charge in [-0.05, 0) is 50.8 Å². The molecule has 1 aromatic rings. The molecule has 2 bridgehead atoms. The third-order valence-corrected chi connectivity index (χ3v) is 6.58. The van der Waals surface area contributed by atoms with E-state index in [0.29, 0.717) is 63.8 Å². The molecule has 0 saturated carbocycles. The van der Waals surface area contributed by atoms with Gasteiger partial charge in [-0.25, -0.2) is 0 Å². The molecule has 1 fully saturated rings. The van der Waals surface area contributed by atoms with Crippen LogP contribution in [0.4, 0.5) is 0 Å². The van der Waals surface area contributed by atoms with Gasteiger partial charge in [-0.15, -0.1) is 0 Å². The van der Waals surface area contributed by atoms with Gasteiger partial charge >= 0.3 is 0 Å². The molecule has 12 nitrogen and oxygen atoms in total. The molecule has 5 amide bonds. The molecule has 0 spiro atoms. The van der Waals surface area contributed by atoms with Crippen LogP contribution in [0.25, 0.3) is 0 Å². The number of amides is 5. The smallest absolute Gasteiger partial charge is 0.258 e. The molecule has 0 aromatic heterocycles. The minimum Gasteiger partial charge on any atom is -0.493 e. The summed E-state index contributed by atoms with van der Waals surface area (Å²) in [6.07, 6.45) is 2.62. The SMILES string of the molecule is COc1cc2ccc1OCC(=O)N[C@@H](C)C(=O)N(C)CCCCN(C(=O)[C@H]1CCC(=O)N1)CCCNC2=O. The van der Waals surface area contributed by atoms with Gasteiger partial charge in [0.1, 0.15) is 12.1 Å². The number of benzene rings is 1. The highest BCUT2D eigenvalue weighted by Crippen LogP contribution is 2.28. The third-order valence-electron chi connectivity index (χ3n) is 6.58. The molecule has 38 heavy (non-hydrogen) atoms. The largest absolute Gasteiger partial charge is 0.493 e. The summed E-state index contributed by atoms with van der Waals surface area (Å²) >= 11 is 0. The van der Waals surface area contributed by atoms with Crippen molar-refractivity contribution in [3.05, 3.63) is 23.8 Å². The number of nitrogens with zero attached hydrogens (tertiary/aromatic N) is 2. The second-order valence-electron chi connectivity index (χ2n) is 9.50. The maximum Gasteiger partial charge on any atom is 0.258 e. The highest BCUT2D eigenvalue weighted by atomic mass is 16.5. The van der Waals surface area contributed by atoms with Crippen molar-refractivity contribution in [2.24, 2.45) is 0 Å². The first kappa shape index (κ1) is 28.7. The molecule has 2 atom stereocenters. The standard InChI is InChI=1S/C26H37N5O7/c1-17-25(35)30(2)12-4-5-13-31(26(36)19-8-10-22(32)29-19)14-6-11-27-24(34)18-7-9-20(21(15-18)37-3)38-16-23(33)28-17/h7,9,15,17,19H,4-6,8,10-14,16H2,1-3H3,(H,27,34)(H,28,33)(H,29,32)/t17-,19+/m0/s1. The monoisotopic (exact) mass is 531 g/mol. The summed E-state index contributed by atoms with van der Waals surface area (Å²) < 4.78 is 10.9. The zero-order valence-electron chi connectivity index (χ0n) is 22.2. The number of hydrogen-bond donors (Lipinski definition) is 3. The van der Waals surface area contributed by atoms with Crippen molar-refractivity contribution in [1.82, 2.24) is 25.8 Å². The van der Waals surface area contributed by atoms with E-state index >= 15 is 0 Å². The van der Waals surface area contributed by atoms with Crippen LogP contribution in [0, 0.1) is 0 Å². The van der Waals surface area contributed by atoms with E-state index in [1.165, 1.54) is 13.2 Å². The Labute approximate surface area is 222 Å². The van der Waals surface area contributed by atoms with E-state index in [9.17, 15) is 24.0 Å². The van der Waals surface area contributed by atoms with Crippen LogP contribution in [0.3, 0.4) is 0 Å². The Morgan fingerprint density at radius 3 is 2.47 bits per heavy atom. The first-order valence-corrected chi connectivity index (χ1v) is 12.9. The van der Waals surface area contributed by atoms with E-state index in [4.69, 9.17) is 9.47 Å². The summed E-state index contributed by atoms with van der Waals surface area (Å²) in [4.78, 5) is 65.7. The Morgan fingerprint density at radius 2 is 1.76 bits per heavy atom. The molecular formula is C26H37N5O7. The fourth-order valence-electron chi connectivity index (χ4n) is 4.43. The molecule has 3 aliphatic heterocycles. The zero-order valence-corrected chi connectivity index (χ0v) is 22.2. The van der Waals surface area contributed by atoms with Gasteiger partial charge in [0.25, 0.3) is 11.8 Å². The number of carbonyl (C=O) groups is 5. The van der Waals surface area contributed by atoms with E-state index in [2.05, 4.69) is 16.0 Å². The average Bonchev–Trinajstić information content (AvgIpc) is 3.35. The lowest BCUT2D eigenvalue weighted by molar-refractivity contribution is -0.135. The first-order valence-electron chi connectivity index (χ1n) is 12.9. The topological polar surface area (TPSA) is 146 Å². The van der Waals surface area contributed by atoms with E-state index in [-0.39, 0.29) is 41.7 Å². The van der Waals surface area contributed by atoms with Crippen LogP contribution in [-0.4, -0.2) is 98.4 Å². The molecule has 3 N–H and O–H groups in total. The van der Waals surface area contributed by atoms with Crippen molar-refractivity contribution in [1.29, 1.82) is 0 Å². The van der Waals surface area contributed by atoms with Crippen LogP contribution >= 0.6 is 0 Å². The average molecular weight is 532 g/mol. The van der Waals surface area contributed by atoms with E-state index in [0.717, 1.165) is 0 Å². The number of hydrogen-bond acceptors (Lipinski definition) is 7. The highest BCUT2D eigenvalue weighted by molar-refractivity contribution is 5.95. The molecule has 208 valence electrons. The quantitative estimate of drug-likeness (QED) is 0.457. The lowest BCUT2D eigenvalue weighted by atomic mass is 10.1. The number of likely N-dealkylation sites (N-methyl/N-ethyl adjacent to an activating group) is 1. The highest BCUT2D eigenvalue weighted by Gasteiger charge is 2.30. The predicted octanol–water partition coefficient (Wildman–Crippen LogP) is 0.0580. The van der Waals surface area contributed by atoms with Crippen LogP contribution in [0.5, 0.6) is 11.5 Å². The van der Waals surface area contributed by atoms with Gasteiger partial charge in [0.2, 0.25) is 17.7 Å². The van der Waals surface area contributed by atoms with Crippen molar-refractivity contribution in [2.45, 2.75) is 51.1 Å². The maximum atomic E-state index is 13.1. The van der Waals surface area contributed by atoms with Crippen LogP contribution in [-0.2, 0) is 19.2 Å². The zero-order chi connectivity index (χ0) is 27.7. The predicted molar refractivity (Wildman–Crippen MR) is 138 cm³/mol. The summed E-state index contributed by atoms with van der Waals surface area (Å²) in [7, 11) is 3.10. The summed E-state index contributed by atoms with van der Waals surface area (Å²) in [5, 5.41) is 8.21. The van der Waals surface area contributed by atoms with Gasteiger partial charge in [-0.1, -0.05) is 0 Å². The molecule has 0 unspecified atom stereocenters. The lowest BCUT2D eigenvalue weighted by Gasteiger charge is -2.26. The molecule has 1 saturated heterocycles. The van der Waals surface area contributed by atoms with Crippen molar-refractivity contribution >= 4 is 29.5 Å². The van der Waals surface area contributed by atoms with Crippen molar-refractivity contribution < 1.29 is 33.4 Å². The molecule has 0 aliphatic carbocycles. The summed E-state index contributed by atoms with van der Waals surface area (Å²) in [6, 6.07) is 3.34. The number of fused-ring (bicyclic) bond motifs is 18. The van der Waals surface area contributed by atoms with E-state index in [1.54, 1.807) is 35.9 Å². The Morgan fingerprint density at radius 1 is 1.03 bits per heavy atom. The Hall–Kier alpha value is -3.83. The normalized spacial score (nSPS) is 22.6. The second kappa shape index (κ2) is 13.6. The molecule has 4 rings (SSSR count). The summed E-state index contributed by atoms with van der Waals surface area (Å²) in [5.74, 6) is -0.714. The van der Waals surface area contributed by atoms with E-state index < -0.39 is 18.0 Å². The Balaban J connectivity index is 1.73. The molecule has 3 heterocycles. The minimum atomic E-state index is -0.748. The van der Waals surface area contributed by atoms with Gasteiger partial charge in [-0.2, -0.15) is 0 Å². The van der Waals surface area contributed by atoms with Gasteiger partial charge in [0, 0.05) is 45.2 Å². The fourth-order valence-corrected chi connectivity index (χ4v) is 4.43. The molecule has 0 radical (unpaired) electrons. The number of rotatable bonds is 2. The third kappa shape index (κ3) is 7.83. The number of ether oxygens (including phenoxy) is 2. The Bertz CT molecular complexity index is 1050. The summed E-state index contributed by atoms with van der Waals surface area (Å²) in [5.41, 5.74) is 0.355. The van der Waals surface area contributed by atoms with Gasteiger partial charge < -0.3 is 35.2 Å². The minimum absolute atomic E-state index is 0.132. The number of methoxy groups -OCH3 is 1. The molecule has 12 heteroatoms. The van der Waals surface area contributed by atoms with Crippen LogP contribution in [0.15, 0.2) is 18.2 Å². The van der Waals surface area contributed by atoms with Crippen LogP contribution in [0.2, 0.25) is 0 Å². The Kier molecular flexibility index (Phi) is 10.3. The summed E-state index contributed by atoms with van der Waals surface area (Å²) in [6.45, 7) is 2.96. The van der Waals surface area contributed by atoms with Gasteiger partial charge in [0.15, 0.2) is 18.1 Å². The fraction of sp³-hybridized carbons (Fsp3) is 0.577. The molecule has 3 aliphatic rings. The van der Waals surface area contributed by atoms with Crippen LogP contribution in [0.1, 0.15) is 49.4 Å².